The molecule has 0 radical (unpaired) electrons. The maximum absolute atomic E-state index is 12.3. The predicted molar refractivity (Wildman–Crippen MR) is 77.8 cm³/mol. The van der Waals surface area contributed by atoms with Crippen LogP contribution in [0.3, 0.4) is 0 Å². The van der Waals surface area contributed by atoms with Crippen LogP contribution in [0, 0.1) is 0 Å². The minimum absolute atomic E-state index is 0.276. The molecule has 0 unspecified atom stereocenters. The molecule has 0 fully saturated rings. The van der Waals surface area contributed by atoms with Gasteiger partial charge in [0.15, 0.2) is 0 Å². The van der Waals surface area contributed by atoms with Gasteiger partial charge in [-0.2, -0.15) is 0 Å². The van der Waals surface area contributed by atoms with E-state index in [4.69, 9.17) is 11.6 Å². The van der Waals surface area contributed by atoms with Crippen molar-refractivity contribution in [1.82, 2.24) is 9.55 Å². The number of hydrogen-bond acceptors (Lipinski definition) is 2. The number of aromatic nitrogens is 2. The van der Waals surface area contributed by atoms with Crippen LogP contribution in [0.1, 0.15) is 0 Å². The average Bonchev–Trinajstić information content (AvgIpc) is 2.76. The summed E-state index contributed by atoms with van der Waals surface area (Å²) in [6, 6.07) is 7.41. The van der Waals surface area contributed by atoms with E-state index in [1.165, 1.54) is 18.2 Å². The van der Waals surface area contributed by atoms with Gasteiger partial charge in [-0.25, -0.2) is 4.98 Å². The van der Waals surface area contributed by atoms with Crippen LogP contribution < -0.4 is 4.74 Å². The van der Waals surface area contributed by atoms with Gasteiger partial charge in [0.1, 0.15) is 11.4 Å². The molecule has 3 nitrogen and oxygen atoms in total. The molecule has 0 N–H and O–H groups in total. The van der Waals surface area contributed by atoms with Gasteiger partial charge in [-0.3, -0.25) is 0 Å². The standard InChI is InChI=1S/C15H10ClF3N2O/c1-21-8-11(13-12(16)5-6-20-14(13)21)9-3-2-4-10(7-9)22-15(17,18)19/h2-8H,1H3. The summed E-state index contributed by atoms with van der Waals surface area (Å²) in [7, 11) is 1.80. The number of hydrogen-bond donors (Lipinski definition) is 0. The fraction of sp³-hybridized carbons (Fsp3) is 0.133. The Bertz CT molecular complexity index is 842. The number of nitrogens with zero attached hydrogens (tertiary/aromatic N) is 2. The second-order valence-corrected chi connectivity index (χ2v) is 5.13. The van der Waals surface area contributed by atoms with E-state index in [2.05, 4.69) is 9.72 Å². The molecule has 0 aliphatic carbocycles. The van der Waals surface area contributed by atoms with Crippen molar-refractivity contribution < 1.29 is 17.9 Å². The molecule has 0 atom stereocenters. The normalized spacial score (nSPS) is 11.9. The van der Waals surface area contributed by atoms with Gasteiger partial charge in [-0.15, -0.1) is 13.2 Å². The predicted octanol–water partition coefficient (Wildman–Crippen LogP) is 4.79. The molecule has 0 saturated carbocycles. The molecule has 1 aromatic carbocycles. The number of alkyl halides is 3. The minimum Gasteiger partial charge on any atom is -0.406 e. The summed E-state index contributed by atoms with van der Waals surface area (Å²) in [4.78, 5) is 4.24. The lowest BCUT2D eigenvalue weighted by Gasteiger charge is -2.10. The maximum Gasteiger partial charge on any atom is 0.573 e. The van der Waals surface area contributed by atoms with E-state index in [0.717, 1.165) is 0 Å². The SMILES string of the molecule is Cn1cc(-c2cccc(OC(F)(F)F)c2)c2c(Cl)ccnc21. The Morgan fingerprint density at radius 1 is 1.23 bits per heavy atom. The highest BCUT2D eigenvalue weighted by Gasteiger charge is 2.31. The molecule has 7 heteroatoms. The van der Waals surface area contributed by atoms with Crippen molar-refractivity contribution in [2.45, 2.75) is 6.36 Å². The van der Waals surface area contributed by atoms with Crippen LogP contribution in [0.15, 0.2) is 42.7 Å². The molecule has 3 rings (SSSR count). The van der Waals surface area contributed by atoms with Crippen LogP contribution in [-0.4, -0.2) is 15.9 Å². The van der Waals surface area contributed by atoms with Gasteiger partial charge in [-0.05, 0) is 23.8 Å². The summed E-state index contributed by atoms with van der Waals surface area (Å²) in [5, 5.41) is 1.18. The maximum atomic E-state index is 12.3. The third kappa shape index (κ3) is 2.74. The van der Waals surface area contributed by atoms with Crippen LogP contribution in [0.2, 0.25) is 5.02 Å². The van der Waals surface area contributed by atoms with Crippen LogP contribution in [0.5, 0.6) is 5.75 Å². The monoisotopic (exact) mass is 326 g/mol. The summed E-state index contributed by atoms with van der Waals surface area (Å²) in [5.74, 6) is -0.276. The Morgan fingerprint density at radius 3 is 2.73 bits per heavy atom. The number of rotatable bonds is 2. The zero-order valence-electron chi connectivity index (χ0n) is 11.4. The fourth-order valence-electron chi connectivity index (χ4n) is 2.34. The van der Waals surface area contributed by atoms with E-state index in [9.17, 15) is 13.2 Å². The quantitative estimate of drug-likeness (QED) is 0.677. The van der Waals surface area contributed by atoms with E-state index in [1.807, 2.05) is 0 Å². The first kappa shape index (κ1) is 14.7. The Hall–Kier alpha value is -2.21. The largest absolute Gasteiger partial charge is 0.573 e. The van der Waals surface area contributed by atoms with E-state index < -0.39 is 6.36 Å². The van der Waals surface area contributed by atoms with Crippen molar-refractivity contribution in [3.8, 4) is 16.9 Å². The van der Waals surface area contributed by atoms with Gasteiger partial charge in [0.25, 0.3) is 0 Å². The minimum atomic E-state index is -4.73. The lowest BCUT2D eigenvalue weighted by atomic mass is 10.1. The number of benzene rings is 1. The third-order valence-electron chi connectivity index (χ3n) is 3.18. The van der Waals surface area contributed by atoms with E-state index in [1.54, 1.807) is 36.1 Å². The smallest absolute Gasteiger partial charge is 0.406 e. The molecule has 0 aliphatic rings. The molecular formula is C15H10ClF3N2O. The van der Waals surface area contributed by atoms with Crippen LogP contribution in [0.4, 0.5) is 13.2 Å². The zero-order valence-corrected chi connectivity index (χ0v) is 12.1. The van der Waals surface area contributed by atoms with Crippen molar-refractivity contribution in [3.63, 3.8) is 0 Å². The van der Waals surface area contributed by atoms with Crippen molar-refractivity contribution in [2.24, 2.45) is 7.05 Å². The first-order valence-corrected chi connectivity index (χ1v) is 6.69. The van der Waals surface area contributed by atoms with Crippen molar-refractivity contribution in [3.05, 3.63) is 47.7 Å². The summed E-state index contributed by atoms with van der Waals surface area (Å²) < 4.78 is 42.7. The highest BCUT2D eigenvalue weighted by atomic mass is 35.5. The summed E-state index contributed by atoms with van der Waals surface area (Å²) >= 11 is 6.21. The van der Waals surface area contributed by atoms with Crippen LogP contribution in [0.25, 0.3) is 22.2 Å². The number of halogens is 4. The lowest BCUT2D eigenvalue weighted by molar-refractivity contribution is -0.274. The first-order chi connectivity index (χ1) is 10.3. The molecule has 22 heavy (non-hydrogen) atoms. The van der Waals surface area contributed by atoms with E-state index >= 15 is 0 Å². The molecule has 2 heterocycles. The Labute approximate surface area is 128 Å². The molecule has 0 spiro atoms. The van der Waals surface area contributed by atoms with Gasteiger partial charge < -0.3 is 9.30 Å². The Kier molecular flexibility index (Phi) is 3.48. The zero-order chi connectivity index (χ0) is 15.9. The summed E-state index contributed by atoms with van der Waals surface area (Å²) in [5.41, 5.74) is 1.93. The summed E-state index contributed by atoms with van der Waals surface area (Å²) in [6.07, 6.45) is -1.37. The molecule has 0 amide bonds. The van der Waals surface area contributed by atoms with Gasteiger partial charge >= 0.3 is 6.36 Å². The van der Waals surface area contributed by atoms with Crippen molar-refractivity contribution >= 4 is 22.6 Å². The van der Waals surface area contributed by atoms with E-state index in [-0.39, 0.29) is 5.75 Å². The average molecular weight is 327 g/mol. The van der Waals surface area contributed by atoms with Crippen molar-refractivity contribution in [1.29, 1.82) is 0 Å². The van der Waals surface area contributed by atoms with Crippen molar-refractivity contribution in [2.75, 3.05) is 0 Å². The van der Waals surface area contributed by atoms with Gasteiger partial charge in [0.2, 0.25) is 0 Å². The fourth-order valence-corrected chi connectivity index (χ4v) is 2.59. The van der Waals surface area contributed by atoms with Crippen LogP contribution in [-0.2, 0) is 7.05 Å². The molecule has 0 bridgehead atoms. The highest BCUT2D eigenvalue weighted by molar-refractivity contribution is 6.36. The number of pyridine rings is 1. The first-order valence-electron chi connectivity index (χ1n) is 6.31. The molecule has 0 saturated heterocycles. The van der Waals surface area contributed by atoms with Gasteiger partial charge in [0, 0.05) is 30.4 Å². The number of fused-ring (bicyclic) bond motifs is 1. The van der Waals surface area contributed by atoms with Crippen LogP contribution >= 0.6 is 11.6 Å². The summed E-state index contributed by atoms with van der Waals surface area (Å²) in [6.45, 7) is 0. The lowest BCUT2D eigenvalue weighted by Crippen LogP contribution is -2.17. The Morgan fingerprint density at radius 2 is 2.00 bits per heavy atom. The Balaban J connectivity index is 2.14. The molecular weight excluding hydrogens is 317 g/mol. The molecule has 0 aliphatic heterocycles. The molecule has 114 valence electrons. The molecule has 2 aromatic heterocycles. The van der Waals surface area contributed by atoms with Gasteiger partial charge in [0.05, 0.1) is 5.02 Å². The second-order valence-electron chi connectivity index (χ2n) is 4.72. The number of ether oxygens (including phenoxy) is 1. The molecule has 3 aromatic rings. The highest BCUT2D eigenvalue weighted by Crippen LogP contribution is 2.36. The van der Waals surface area contributed by atoms with Gasteiger partial charge in [-0.1, -0.05) is 23.7 Å². The number of aryl methyl sites for hydroxylation is 1. The third-order valence-corrected chi connectivity index (χ3v) is 3.50. The van der Waals surface area contributed by atoms with E-state index in [0.29, 0.717) is 27.2 Å². The topological polar surface area (TPSA) is 27.1 Å². The second kappa shape index (κ2) is 5.21.